The third kappa shape index (κ3) is 3.57. The minimum Gasteiger partial charge on any atom is -0.490 e. The van der Waals surface area contributed by atoms with Crippen LogP contribution in [0.4, 0.5) is 5.13 Å². The number of nitrogens with zero attached hydrogens (tertiary/aromatic N) is 2. The quantitative estimate of drug-likeness (QED) is 0.669. The minimum atomic E-state index is -0.202. The van der Waals surface area contributed by atoms with E-state index in [1.165, 1.54) is 38.5 Å². The number of rotatable bonds is 7. The van der Waals surface area contributed by atoms with E-state index in [1.54, 1.807) is 29.5 Å². The number of benzene rings is 1. The van der Waals surface area contributed by atoms with E-state index in [0.717, 1.165) is 22.8 Å². The van der Waals surface area contributed by atoms with Crippen LogP contribution < -0.4 is 14.8 Å². The first-order chi connectivity index (χ1) is 14.6. The van der Waals surface area contributed by atoms with Crippen molar-refractivity contribution in [2.45, 2.75) is 57.8 Å². The van der Waals surface area contributed by atoms with Crippen LogP contribution in [0.5, 0.6) is 11.5 Å². The van der Waals surface area contributed by atoms with Gasteiger partial charge in [-0.3, -0.25) is 10.1 Å². The maximum atomic E-state index is 12.8. The number of anilines is 1. The monoisotopic (exact) mass is 427 g/mol. The Morgan fingerprint density at radius 2 is 1.67 bits per heavy atom. The van der Waals surface area contributed by atoms with Gasteiger partial charge < -0.3 is 9.47 Å². The van der Waals surface area contributed by atoms with Crippen LogP contribution in [0.3, 0.4) is 0 Å². The Morgan fingerprint density at radius 3 is 2.30 bits per heavy atom. The van der Waals surface area contributed by atoms with Crippen molar-refractivity contribution in [3.63, 3.8) is 0 Å². The minimum absolute atomic E-state index is 0.202. The topological polar surface area (TPSA) is 73.3 Å². The van der Waals surface area contributed by atoms with Crippen molar-refractivity contribution in [1.82, 2.24) is 10.2 Å². The van der Waals surface area contributed by atoms with Crippen molar-refractivity contribution in [3.8, 4) is 11.5 Å². The van der Waals surface area contributed by atoms with E-state index in [0.29, 0.717) is 35.4 Å². The highest BCUT2D eigenvalue weighted by Crippen LogP contribution is 2.61. The van der Waals surface area contributed by atoms with Crippen LogP contribution in [0, 0.1) is 17.8 Å². The number of amides is 1. The first-order valence-corrected chi connectivity index (χ1v) is 11.9. The lowest BCUT2D eigenvalue weighted by atomic mass is 9.50. The predicted octanol–water partition coefficient (Wildman–Crippen LogP) is 5.06. The third-order valence-corrected chi connectivity index (χ3v) is 8.03. The molecule has 1 aromatic carbocycles. The smallest absolute Gasteiger partial charge is 0.257 e. The number of aromatic nitrogens is 2. The number of hydrogen-bond acceptors (Lipinski definition) is 6. The summed E-state index contributed by atoms with van der Waals surface area (Å²) >= 11 is 1.56. The summed E-state index contributed by atoms with van der Waals surface area (Å²) in [5.41, 5.74) is 0.727. The zero-order valence-electron chi connectivity index (χ0n) is 17.6. The molecule has 0 aliphatic heterocycles. The van der Waals surface area contributed by atoms with Gasteiger partial charge in [0, 0.05) is 11.0 Å². The second kappa shape index (κ2) is 7.84. The van der Waals surface area contributed by atoms with Crippen LogP contribution in [0.15, 0.2) is 18.2 Å². The molecule has 6 nitrogen and oxygen atoms in total. The molecule has 6 rings (SSSR count). The second-order valence-corrected chi connectivity index (χ2v) is 10.1. The maximum absolute atomic E-state index is 12.8. The fourth-order valence-corrected chi connectivity index (χ4v) is 7.18. The molecule has 0 atom stereocenters. The number of hydrogen-bond donors (Lipinski definition) is 1. The number of nitrogens with one attached hydrogen (secondary N) is 1. The van der Waals surface area contributed by atoms with Crippen molar-refractivity contribution in [3.05, 3.63) is 28.8 Å². The molecule has 1 aromatic heterocycles. The van der Waals surface area contributed by atoms with Gasteiger partial charge in [-0.15, -0.1) is 10.2 Å². The summed E-state index contributed by atoms with van der Waals surface area (Å²) in [5.74, 6) is 3.61. The number of ether oxygens (including phenoxy) is 2. The average molecular weight is 428 g/mol. The van der Waals surface area contributed by atoms with Gasteiger partial charge >= 0.3 is 0 Å². The average Bonchev–Trinajstić information content (AvgIpc) is 3.18. The zero-order valence-corrected chi connectivity index (χ0v) is 18.5. The molecule has 7 heteroatoms. The molecular weight excluding hydrogens is 398 g/mol. The summed E-state index contributed by atoms with van der Waals surface area (Å²) < 4.78 is 11.2. The predicted molar refractivity (Wildman–Crippen MR) is 116 cm³/mol. The normalized spacial score (nSPS) is 29.1. The highest BCUT2D eigenvalue weighted by molar-refractivity contribution is 7.15. The maximum Gasteiger partial charge on any atom is 0.257 e. The van der Waals surface area contributed by atoms with Crippen LogP contribution in [0.2, 0.25) is 0 Å². The molecule has 0 unspecified atom stereocenters. The number of carbonyl (C=O) groups excluding carboxylic acids is 1. The van der Waals surface area contributed by atoms with Gasteiger partial charge in [-0.25, -0.2) is 0 Å². The van der Waals surface area contributed by atoms with Crippen LogP contribution in [0.1, 0.15) is 67.7 Å². The molecule has 0 spiro atoms. The van der Waals surface area contributed by atoms with Crippen molar-refractivity contribution >= 4 is 22.4 Å². The van der Waals surface area contributed by atoms with E-state index in [1.807, 2.05) is 13.8 Å². The lowest BCUT2D eigenvalue weighted by Gasteiger charge is -2.55. The highest BCUT2D eigenvalue weighted by Gasteiger charge is 2.53. The molecule has 1 heterocycles. The lowest BCUT2D eigenvalue weighted by molar-refractivity contribution is -0.00555. The molecule has 30 heavy (non-hydrogen) atoms. The van der Waals surface area contributed by atoms with E-state index in [9.17, 15) is 4.79 Å². The molecule has 1 amide bonds. The molecular formula is C23H29N3O3S. The fourth-order valence-electron chi connectivity index (χ4n) is 6.22. The van der Waals surface area contributed by atoms with Crippen LogP contribution in [-0.2, 0) is 5.41 Å². The largest absolute Gasteiger partial charge is 0.490 e. The summed E-state index contributed by atoms with van der Waals surface area (Å²) in [6.07, 6.45) is 7.96. The Hall–Kier alpha value is -2.15. The molecule has 1 N–H and O–H groups in total. The fraction of sp³-hybridized carbons (Fsp3) is 0.609. The van der Waals surface area contributed by atoms with E-state index in [2.05, 4.69) is 15.5 Å². The first-order valence-electron chi connectivity index (χ1n) is 11.1. The summed E-state index contributed by atoms with van der Waals surface area (Å²) in [6, 6.07) is 5.26. The zero-order chi connectivity index (χ0) is 20.7. The van der Waals surface area contributed by atoms with Crippen molar-refractivity contribution in [2.75, 3.05) is 18.5 Å². The number of carbonyl (C=O) groups is 1. The molecule has 4 aliphatic carbocycles. The van der Waals surface area contributed by atoms with Gasteiger partial charge in [0.15, 0.2) is 11.5 Å². The van der Waals surface area contributed by atoms with Gasteiger partial charge in [-0.2, -0.15) is 0 Å². The Labute approximate surface area is 181 Å². The van der Waals surface area contributed by atoms with Crippen molar-refractivity contribution in [2.24, 2.45) is 17.8 Å². The van der Waals surface area contributed by atoms with E-state index in [4.69, 9.17) is 9.47 Å². The first kappa shape index (κ1) is 19.8. The van der Waals surface area contributed by atoms with Gasteiger partial charge in [-0.05, 0) is 88.3 Å². The third-order valence-electron chi connectivity index (χ3n) is 6.94. The van der Waals surface area contributed by atoms with E-state index in [-0.39, 0.29) is 11.3 Å². The highest BCUT2D eigenvalue weighted by atomic mass is 32.1. The van der Waals surface area contributed by atoms with E-state index >= 15 is 0 Å². The molecule has 0 saturated heterocycles. The molecule has 160 valence electrons. The van der Waals surface area contributed by atoms with Gasteiger partial charge in [0.05, 0.1) is 13.2 Å². The molecule has 4 fully saturated rings. The lowest BCUT2D eigenvalue weighted by Crippen LogP contribution is -2.48. The molecule has 2 aromatic rings. The van der Waals surface area contributed by atoms with Crippen LogP contribution in [0.25, 0.3) is 0 Å². The van der Waals surface area contributed by atoms with Gasteiger partial charge in [0.2, 0.25) is 5.13 Å². The SMILES string of the molecule is CCOc1ccc(C(=O)Nc2nnc(C34CC5CC(CC(C5)C3)C4)s2)cc1OCC. The van der Waals surface area contributed by atoms with Gasteiger partial charge in [0.25, 0.3) is 5.91 Å². The van der Waals surface area contributed by atoms with Crippen LogP contribution >= 0.6 is 11.3 Å². The summed E-state index contributed by atoms with van der Waals surface area (Å²) in [5, 5.41) is 13.5. The summed E-state index contributed by atoms with van der Waals surface area (Å²) in [6.45, 7) is 4.89. The second-order valence-electron chi connectivity index (χ2n) is 9.09. The Morgan fingerprint density at radius 1 is 1.03 bits per heavy atom. The van der Waals surface area contributed by atoms with Gasteiger partial charge in [-0.1, -0.05) is 11.3 Å². The summed E-state index contributed by atoms with van der Waals surface area (Å²) in [7, 11) is 0. The Balaban J connectivity index is 1.32. The molecule has 4 saturated carbocycles. The molecule has 4 bridgehead atoms. The molecule has 0 radical (unpaired) electrons. The van der Waals surface area contributed by atoms with Crippen LogP contribution in [-0.4, -0.2) is 29.3 Å². The Kier molecular flexibility index (Phi) is 5.17. The summed E-state index contributed by atoms with van der Waals surface area (Å²) in [4.78, 5) is 12.8. The molecule has 4 aliphatic rings. The van der Waals surface area contributed by atoms with E-state index < -0.39 is 0 Å². The standard InChI is InChI=1S/C23H29N3O3S/c1-3-28-18-6-5-17(10-19(18)29-4-2)20(27)24-22-26-25-21(30-22)23-11-14-7-15(12-23)9-16(8-14)13-23/h5-6,10,14-16H,3-4,7-9,11-13H2,1-2H3,(H,24,26,27). The Bertz CT molecular complexity index is 906. The van der Waals surface area contributed by atoms with Crippen molar-refractivity contribution in [1.29, 1.82) is 0 Å². The van der Waals surface area contributed by atoms with Gasteiger partial charge in [0.1, 0.15) is 5.01 Å². The van der Waals surface area contributed by atoms with Crippen molar-refractivity contribution < 1.29 is 14.3 Å².